The van der Waals surface area contributed by atoms with E-state index in [9.17, 15) is 14.7 Å². The largest absolute Gasteiger partial charge is 0.486 e. The molecule has 2 aliphatic rings. The molecule has 0 bridgehead atoms. The van der Waals surface area contributed by atoms with Crippen molar-refractivity contribution in [1.29, 1.82) is 0 Å². The molecule has 4 atom stereocenters. The van der Waals surface area contributed by atoms with Crippen LogP contribution in [0.15, 0.2) is 47.6 Å². The molecule has 3 rings (SSSR count). The summed E-state index contributed by atoms with van der Waals surface area (Å²) in [5, 5.41) is 23.2. The smallest absolute Gasteiger partial charge is 0.247 e. The van der Waals surface area contributed by atoms with E-state index >= 15 is 0 Å². The summed E-state index contributed by atoms with van der Waals surface area (Å²) in [6.45, 7) is 6.93. The molecular formula is C25H34N2O6. The zero-order valence-electron chi connectivity index (χ0n) is 19.5. The molecule has 0 unspecified atom stereocenters. The number of aliphatic hydroxyl groups is 2. The number of para-hydroxylation sites is 1. The second kappa shape index (κ2) is 11.4. The Hall–Kier alpha value is -2.68. The van der Waals surface area contributed by atoms with Gasteiger partial charge >= 0.3 is 0 Å². The molecule has 0 aromatic heterocycles. The Morgan fingerprint density at radius 2 is 2.03 bits per heavy atom. The van der Waals surface area contributed by atoms with Crippen LogP contribution in [0.4, 0.5) is 0 Å². The van der Waals surface area contributed by atoms with Crippen molar-refractivity contribution in [2.75, 3.05) is 32.9 Å². The molecule has 180 valence electrons. The second-order valence-electron chi connectivity index (χ2n) is 8.48. The molecule has 0 spiro atoms. The number of amides is 2. The van der Waals surface area contributed by atoms with Crippen LogP contribution in [-0.2, 0) is 14.3 Å². The number of rotatable bonds is 10. The lowest BCUT2D eigenvalue weighted by molar-refractivity contribution is -0.132. The van der Waals surface area contributed by atoms with Crippen molar-refractivity contribution in [1.82, 2.24) is 10.2 Å². The number of ether oxygens (including phenoxy) is 2. The molecule has 0 saturated heterocycles. The van der Waals surface area contributed by atoms with Gasteiger partial charge in [-0.2, -0.15) is 0 Å². The molecule has 3 N–H and O–H groups in total. The highest BCUT2D eigenvalue weighted by atomic mass is 16.5. The maximum absolute atomic E-state index is 13.1. The van der Waals surface area contributed by atoms with Crippen LogP contribution < -0.4 is 10.1 Å². The van der Waals surface area contributed by atoms with Crippen molar-refractivity contribution >= 4 is 11.8 Å². The molecule has 8 heteroatoms. The minimum absolute atomic E-state index is 0.109. The number of fused-ring (bicyclic) bond motifs is 3. The van der Waals surface area contributed by atoms with Crippen LogP contribution in [0.25, 0.3) is 0 Å². The van der Waals surface area contributed by atoms with Gasteiger partial charge in [-0.15, -0.1) is 0 Å². The van der Waals surface area contributed by atoms with E-state index in [4.69, 9.17) is 14.6 Å². The zero-order valence-corrected chi connectivity index (χ0v) is 19.5. The monoisotopic (exact) mass is 458 g/mol. The fourth-order valence-corrected chi connectivity index (χ4v) is 4.41. The highest BCUT2D eigenvalue weighted by Crippen LogP contribution is 2.47. The van der Waals surface area contributed by atoms with Gasteiger partial charge in [0.05, 0.1) is 18.6 Å². The molecule has 33 heavy (non-hydrogen) atoms. The topological polar surface area (TPSA) is 108 Å². The van der Waals surface area contributed by atoms with Crippen LogP contribution in [0.1, 0.15) is 38.7 Å². The lowest BCUT2D eigenvalue weighted by atomic mass is 9.77. The molecule has 0 radical (unpaired) electrons. The first-order valence-corrected chi connectivity index (χ1v) is 11.5. The number of hydrogen-bond acceptors (Lipinski definition) is 6. The Morgan fingerprint density at radius 3 is 2.73 bits per heavy atom. The van der Waals surface area contributed by atoms with E-state index in [-0.39, 0.29) is 25.0 Å². The van der Waals surface area contributed by atoms with Crippen molar-refractivity contribution in [3.63, 3.8) is 0 Å². The van der Waals surface area contributed by atoms with Crippen LogP contribution in [-0.4, -0.2) is 78.1 Å². The number of aliphatic hydroxyl groups excluding tert-OH is 2. The summed E-state index contributed by atoms with van der Waals surface area (Å²) in [7, 11) is 0. The van der Waals surface area contributed by atoms with Gasteiger partial charge in [0, 0.05) is 43.5 Å². The minimum Gasteiger partial charge on any atom is -0.486 e. The fraction of sp³-hybridized carbons (Fsp3) is 0.520. The number of benzene rings is 1. The quantitative estimate of drug-likeness (QED) is 0.363. The third kappa shape index (κ3) is 5.63. The van der Waals surface area contributed by atoms with E-state index < -0.39 is 24.2 Å². The molecule has 2 amide bonds. The Balaban J connectivity index is 1.99. The molecule has 8 nitrogen and oxygen atoms in total. The van der Waals surface area contributed by atoms with Gasteiger partial charge in [0.25, 0.3) is 0 Å². The van der Waals surface area contributed by atoms with Gasteiger partial charge in [-0.3, -0.25) is 9.59 Å². The van der Waals surface area contributed by atoms with Crippen LogP contribution in [0, 0.1) is 0 Å². The van der Waals surface area contributed by atoms with Crippen molar-refractivity contribution in [2.45, 2.75) is 51.4 Å². The number of carbonyl (C=O) groups is 2. The van der Waals surface area contributed by atoms with E-state index in [0.717, 1.165) is 11.1 Å². The highest BCUT2D eigenvalue weighted by Gasteiger charge is 2.50. The third-order valence-electron chi connectivity index (χ3n) is 5.82. The van der Waals surface area contributed by atoms with E-state index in [1.807, 2.05) is 45.0 Å². The lowest BCUT2D eigenvalue weighted by Gasteiger charge is -2.40. The first kappa shape index (κ1) is 25.0. The van der Waals surface area contributed by atoms with Gasteiger partial charge < -0.3 is 29.9 Å². The van der Waals surface area contributed by atoms with Crippen molar-refractivity contribution in [3.8, 4) is 5.75 Å². The number of nitrogens with zero attached hydrogens (tertiary/aromatic N) is 1. The van der Waals surface area contributed by atoms with Crippen LogP contribution >= 0.6 is 0 Å². The second-order valence-corrected chi connectivity index (χ2v) is 8.48. The fourth-order valence-electron chi connectivity index (χ4n) is 4.41. The first-order chi connectivity index (χ1) is 15.9. The summed E-state index contributed by atoms with van der Waals surface area (Å²) >= 11 is 0. The number of carbonyl (C=O) groups excluding carboxylic acids is 2. The van der Waals surface area contributed by atoms with Crippen LogP contribution in [0.5, 0.6) is 5.75 Å². The summed E-state index contributed by atoms with van der Waals surface area (Å²) in [6, 6.07) is 6.65. The highest BCUT2D eigenvalue weighted by molar-refractivity contribution is 5.96. The third-order valence-corrected chi connectivity index (χ3v) is 5.82. The summed E-state index contributed by atoms with van der Waals surface area (Å²) in [4.78, 5) is 27.8. The Labute approximate surface area is 194 Å². The minimum atomic E-state index is -1.03. The summed E-state index contributed by atoms with van der Waals surface area (Å²) in [5.41, 5.74) is 2.09. The van der Waals surface area contributed by atoms with E-state index in [1.54, 1.807) is 11.0 Å². The standard InChI is InChI=1S/C25H34N2O6/c1-4-32-13-7-11-27(21(29)14-16(2)3)19-15-18(25(31)26-10-12-28)22-17-8-5-6-9-20(17)33-24(22)23(19)30/h5-6,8-9,14-15,19,22-24,28,30H,4,7,10-13H2,1-3H3,(H,26,31)/t19-,22+,23+,24+/m1/s1. The average Bonchev–Trinajstić information content (AvgIpc) is 3.18. The number of allylic oxidation sites excluding steroid dienone is 1. The lowest BCUT2D eigenvalue weighted by Crippen LogP contribution is -2.55. The molecular weight excluding hydrogens is 424 g/mol. The van der Waals surface area contributed by atoms with Crippen molar-refractivity contribution in [3.05, 3.63) is 53.1 Å². The van der Waals surface area contributed by atoms with Crippen LogP contribution in [0.2, 0.25) is 0 Å². The molecule has 1 heterocycles. The molecule has 1 aromatic rings. The van der Waals surface area contributed by atoms with Gasteiger partial charge in [-0.05, 0) is 39.3 Å². The molecule has 1 aromatic carbocycles. The maximum Gasteiger partial charge on any atom is 0.247 e. The Bertz CT molecular complexity index is 908. The average molecular weight is 459 g/mol. The molecule has 1 aliphatic heterocycles. The number of nitrogens with one attached hydrogen (secondary N) is 1. The summed E-state index contributed by atoms with van der Waals surface area (Å²) in [5.74, 6) is -0.433. The van der Waals surface area contributed by atoms with Gasteiger partial charge in [0.15, 0.2) is 0 Å². The summed E-state index contributed by atoms with van der Waals surface area (Å²) < 4.78 is 11.5. The number of hydrogen-bond donors (Lipinski definition) is 3. The first-order valence-electron chi connectivity index (χ1n) is 11.5. The van der Waals surface area contributed by atoms with Crippen molar-refractivity contribution in [2.24, 2.45) is 0 Å². The normalized spacial score (nSPS) is 23.0. The molecule has 0 saturated carbocycles. The van der Waals surface area contributed by atoms with Crippen LogP contribution in [0.3, 0.4) is 0 Å². The predicted octanol–water partition coefficient (Wildman–Crippen LogP) is 1.53. The predicted molar refractivity (Wildman–Crippen MR) is 124 cm³/mol. The maximum atomic E-state index is 13.1. The SMILES string of the molecule is CCOCCCN(C(=O)C=C(C)C)[C@@H]1C=C(C(=O)NCCO)[C@@H]2c3ccccc3O[C@@H]2[C@H]1O. The van der Waals surface area contributed by atoms with Gasteiger partial charge in [-0.25, -0.2) is 0 Å². The molecule has 0 fully saturated rings. The Kier molecular flexibility index (Phi) is 8.66. The van der Waals surface area contributed by atoms with Gasteiger partial charge in [-0.1, -0.05) is 23.8 Å². The van der Waals surface area contributed by atoms with E-state index in [0.29, 0.717) is 37.5 Å². The van der Waals surface area contributed by atoms with Crippen molar-refractivity contribution < 1.29 is 29.3 Å². The van der Waals surface area contributed by atoms with E-state index in [2.05, 4.69) is 5.32 Å². The zero-order chi connectivity index (χ0) is 24.0. The summed E-state index contributed by atoms with van der Waals surface area (Å²) in [6.07, 6.45) is 2.07. The van der Waals surface area contributed by atoms with Gasteiger partial charge in [0.2, 0.25) is 11.8 Å². The Morgan fingerprint density at radius 1 is 1.27 bits per heavy atom. The van der Waals surface area contributed by atoms with E-state index in [1.165, 1.54) is 6.08 Å². The molecule has 1 aliphatic carbocycles. The van der Waals surface area contributed by atoms with Gasteiger partial charge in [0.1, 0.15) is 18.0 Å².